The van der Waals surface area contributed by atoms with Crippen molar-refractivity contribution in [1.82, 2.24) is 0 Å². The van der Waals surface area contributed by atoms with Crippen LogP contribution in [0.25, 0.3) is 0 Å². The van der Waals surface area contributed by atoms with E-state index in [1.165, 1.54) is 4.90 Å². The molecule has 1 aliphatic rings. The zero-order valence-electron chi connectivity index (χ0n) is 8.13. The predicted molar refractivity (Wildman–Crippen MR) is 46.8 cm³/mol. The molecule has 1 fully saturated rings. The average Bonchev–Trinajstić information content (AvgIpc) is 2.12. The number of hydrogen-bond donors (Lipinski definition) is 0. The van der Waals surface area contributed by atoms with Crippen molar-refractivity contribution in [2.45, 2.75) is 4.90 Å². The lowest BCUT2D eigenvalue weighted by Gasteiger charge is -2.17. The number of halogens is 1. The Hall–Kier alpha value is -0.630. The topological polar surface area (TPSA) is 109 Å². The van der Waals surface area contributed by atoms with E-state index in [0.717, 1.165) is 11.5 Å². The molecule has 0 aliphatic carbocycles. The summed E-state index contributed by atoms with van der Waals surface area (Å²) < 4.78 is 34.0. The lowest BCUT2D eigenvalue weighted by molar-refractivity contribution is -2.00. The molecule has 1 saturated heterocycles. The maximum Gasteiger partial charge on any atom is 0.231 e. The first-order valence-electron chi connectivity index (χ1n) is 4.22. The van der Waals surface area contributed by atoms with Crippen LogP contribution in [0.3, 0.4) is 0 Å². The summed E-state index contributed by atoms with van der Waals surface area (Å²) in [7, 11) is -4.68. The van der Waals surface area contributed by atoms with Gasteiger partial charge in [-0.15, -0.1) is 10.2 Å². The van der Waals surface area contributed by atoms with E-state index in [9.17, 15) is 4.79 Å². The van der Waals surface area contributed by atoms with Crippen LogP contribution >= 0.6 is 0 Å². The Balaban J connectivity index is 0.000000221. The highest BCUT2D eigenvalue weighted by molar-refractivity contribution is 8.00. The van der Waals surface area contributed by atoms with Crippen LogP contribution in [-0.2, 0) is 15.7 Å². The zero-order chi connectivity index (χ0) is 12.2. The van der Waals surface area contributed by atoms with Gasteiger partial charge < -0.3 is 0 Å². The Bertz CT molecular complexity index is 337. The molecular formula is C9H9ClO5S. The largest absolute Gasteiger partial charge is 0.289 e. The van der Waals surface area contributed by atoms with E-state index in [4.69, 9.17) is 18.6 Å². The number of carbonyl (C=O) groups excluding carboxylic acids is 1. The normalized spacial score (nSPS) is 16.1. The lowest BCUT2D eigenvalue weighted by Crippen LogP contribution is -2.68. The fourth-order valence-corrected chi connectivity index (χ4v) is 2.69. The number of ketones is 1. The predicted octanol–water partition coefficient (Wildman–Crippen LogP) is -3.51. The van der Waals surface area contributed by atoms with Crippen LogP contribution in [0.5, 0.6) is 0 Å². The van der Waals surface area contributed by atoms with Gasteiger partial charge in [0.25, 0.3) is 0 Å². The third-order valence-electron chi connectivity index (χ3n) is 1.75. The van der Waals surface area contributed by atoms with Crippen molar-refractivity contribution in [3.63, 3.8) is 0 Å². The third-order valence-corrected chi connectivity index (χ3v) is 4.03. The van der Waals surface area contributed by atoms with Gasteiger partial charge in [-0.1, -0.05) is 18.2 Å². The summed E-state index contributed by atoms with van der Waals surface area (Å²) in [6.07, 6.45) is 0. The molecule has 0 saturated carbocycles. The molecule has 7 heteroatoms. The number of Topliss-reactive ketones (excluding diaryl/α,β-unsaturated/α-hetero) is 1. The van der Waals surface area contributed by atoms with E-state index in [2.05, 4.69) is 12.1 Å². The summed E-state index contributed by atoms with van der Waals surface area (Å²) in [4.78, 5) is 12.0. The van der Waals surface area contributed by atoms with Gasteiger partial charge in [0, 0.05) is 10.9 Å². The lowest BCUT2D eigenvalue weighted by atomic mass is 10.4. The van der Waals surface area contributed by atoms with Crippen LogP contribution in [0.15, 0.2) is 35.2 Å². The van der Waals surface area contributed by atoms with Gasteiger partial charge in [-0.2, -0.15) is 0 Å². The number of rotatable bonds is 1. The average molecular weight is 265 g/mol. The summed E-state index contributed by atoms with van der Waals surface area (Å²) in [6, 6.07) is 10.3. The Morgan fingerprint density at radius 1 is 1.00 bits per heavy atom. The van der Waals surface area contributed by atoms with E-state index in [-0.39, 0.29) is 10.9 Å². The van der Waals surface area contributed by atoms with Gasteiger partial charge in [0.15, 0.2) is 16.4 Å². The minimum atomic E-state index is -4.94. The van der Waals surface area contributed by atoms with Crippen molar-refractivity contribution in [3.05, 3.63) is 30.3 Å². The Labute approximate surface area is 97.4 Å². The molecule has 1 aliphatic heterocycles. The van der Waals surface area contributed by atoms with Crippen molar-refractivity contribution >= 4 is 16.7 Å². The monoisotopic (exact) mass is 264 g/mol. The molecule has 16 heavy (non-hydrogen) atoms. The van der Waals surface area contributed by atoms with E-state index >= 15 is 0 Å². The minimum absolute atomic E-state index is 0.261. The van der Waals surface area contributed by atoms with E-state index in [0.29, 0.717) is 5.78 Å². The maximum absolute atomic E-state index is 10.7. The van der Waals surface area contributed by atoms with Crippen LogP contribution < -0.4 is 18.6 Å². The summed E-state index contributed by atoms with van der Waals surface area (Å²) in [6.45, 7) is 0. The molecule has 0 N–H and O–H groups in total. The second kappa shape index (κ2) is 5.62. The highest BCUT2D eigenvalue weighted by atomic mass is 35.7. The first-order chi connectivity index (χ1) is 7.36. The fourth-order valence-electron chi connectivity index (χ4n) is 1.13. The van der Waals surface area contributed by atoms with Crippen LogP contribution in [0.4, 0.5) is 0 Å². The standard InChI is InChI=1S/C9H9OS.ClHO4/c10-8-6-11(7-8)9-4-2-1-3-5-9;2-1(3,4)5/h1-5H,6-7H2;(H,2,3,4,5)/q+1;/p-1. The van der Waals surface area contributed by atoms with Crippen LogP contribution in [-0.4, -0.2) is 17.3 Å². The quantitative estimate of drug-likeness (QED) is 0.489. The number of benzene rings is 1. The maximum atomic E-state index is 10.7. The van der Waals surface area contributed by atoms with Crippen LogP contribution in [0.1, 0.15) is 0 Å². The molecule has 0 bridgehead atoms. The molecule has 0 spiro atoms. The first-order valence-corrected chi connectivity index (χ1v) is 7.02. The van der Waals surface area contributed by atoms with E-state index < -0.39 is 10.2 Å². The molecule has 1 heterocycles. The van der Waals surface area contributed by atoms with Crippen molar-refractivity contribution in [2.24, 2.45) is 0 Å². The van der Waals surface area contributed by atoms with Crippen molar-refractivity contribution < 1.29 is 33.7 Å². The van der Waals surface area contributed by atoms with Crippen molar-refractivity contribution in [3.8, 4) is 0 Å². The first kappa shape index (κ1) is 13.4. The summed E-state index contributed by atoms with van der Waals surface area (Å²) in [5, 5.41) is 0. The summed E-state index contributed by atoms with van der Waals surface area (Å²) in [5.41, 5.74) is 0. The van der Waals surface area contributed by atoms with Crippen LogP contribution in [0, 0.1) is 10.2 Å². The zero-order valence-corrected chi connectivity index (χ0v) is 9.70. The Morgan fingerprint density at radius 2 is 1.44 bits per heavy atom. The third kappa shape index (κ3) is 5.45. The fraction of sp³-hybridized carbons (Fsp3) is 0.222. The highest BCUT2D eigenvalue weighted by Gasteiger charge is 2.38. The summed E-state index contributed by atoms with van der Waals surface area (Å²) in [5.74, 6) is 1.98. The summed E-state index contributed by atoms with van der Waals surface area (Å²) >= 11 is 0. The van der Waals surface area contributed by atoms with Gasteiger partial charge in [0.05, 0.1) is 0 Å². The molecule has 0 atom stereocenters. The second-order valence-corrected chi connectivity index (χ2v) is 5.80. The highest BCUT2D eigenvalue weighted by Crippen LogP contribution is 2.20. The van der Waals surface area contributed by atoms with Crippen molar-refractivity contribution in [1.29, 1.82) is 0 Å². The molecule has 0 unspecified atom stereocenters. The van der Waals surface area contributed by atoms with Crippen molar-refractivity contribution in [2.75, 3.05) is 11.5 Å². The minimum Gasteiger partial charge on any atom is -0.289 e. The SMILES string of the molecule is O=C1C[S+](c2ccccc2)C1.[O-][Cl+3]([O-])([O-])[O-]. The van der Waals surface area contributed by atoms with Gasteiger partial charge >= 0.3 is 0 Å². The Morgan fingerprint density at radius 3 is 1.81 bits per heavy atom. The molecule has 1 aromatic rings. The van der Waals surface area contributed by atoms with Gasteiger partial charge in [-0.25, -0.2) is 18.6 Å². The molecule has 5 nitrogen and oxygen atoms in total. The Kier molecular flexibility index (Phi) is 4.72. The smallest absolute Gasteiger partial charge is 0.231 e. The van der Waals surface area contributed by atoms with E-state index in [1.54, 1.807) is 0 Å². The van der Waals surface area contributed by atoms with Crippen LogP contribution in [0.2, 0.25) is 0 Å². The van der Waals surface area contributed by atoms with Gasteiger partial charge in [-0.3, -0.25) is 4.79 Å². The van der Waals surface area contributed by atoms with E-state index in [1.807, 2.05) is 18.2 Å². The molecule has 88 valence electrons. The number of carbonyl (C=O) groups is 1. The molecule has 0 aromatic heterocycles. The molecular weight excluding hydrogens is 256 g/mol. The molecule has 2 rings (SSSR count). The second-order valence-electron chi connectivity index (χ2n) is 3.01. The van der Waals surface area contributed by atoms with Gasteiger partial charge in [-0.05, 0) is 12.1 Å². The molecule has 0 radical (unpaired) electrons. The molecule has 0 amide bonds. The molecule has 1 aromatic carbocycles. The number of hydrogen-bond acceptors (Lipinski definition) is 5. The van der Waals surface area contributed by atoms with Gasteiger partial charge in [0.1, 0.15) is 0 Å². The van der Waals surface area contributed by atoms with Gasteiger partial charge in [0.2, 0.25) is 5.78 Å².